The third-order valence-electron chi connectivity index (χ3n) is 4.69. The van der Waals surface area contributed by atoms with Gasteiger partial charge in [-0.3, -0.25) is 0 Å². The topological polar surface area (TPSA) is 33.7 Å². The molecule has 29 heavy (non-hydrogen) atoms. The molecule has 0 bridgehead atoms. The Balaban J connectivity index is 1.54. The van der Waals surface area contributed by atoms with Gasteiger partial charge in [0.15, 0.2) is 16.6 Å². The molecule has 1 N–H and O–H groups in total. The van der Waals surface area contributed by atoms with Gasteiger partial charge in [0, 0.05) is 23.8 Å². The fraction of sp³-hybridized carbons (Fsp3) is 0.174. The van der Waals surface area contributed by atoms with E-state index in [0.717, 1.165) is 22.7 Å². The fourth-order valence-electron chi connectivity index (χ4n) is 3.11. The number of benzene rings is 3. The van der Waals surface area contributed by atoms with Crippen molar-refractivity contribution < 1.29 is 9.47 Å². The van der Waals surface area contributed by atoms with Crippen molar-refractivity contribution >= 4 is 34.6 Å². The third kappa shape index (κ3) is 5.00. The molecule has 1 aliphatic heterocycles. The van der Waals surface area contributed by atoms with Crippen molar-refractivity contribution in [3.05, 3.63) is 88.4 Å². The van der Waals surface area contributed by atoms with E-state index in [2.05, 4.69) is 41.4 Å². The minimum absolute atomic E-state index is 0.266. The molecule has 3 aromatic rings. The van der Waals surface area contributed by atoms with Gasteiger partial charge in [-0.05, 0) is 66.7 Å². The van der Waals surface area contributed by atoms with Crippen LogP contribution in [-0.2, 0) is 13.1 Å². The van der Waals surface area contributed by atoms with Crippen LogP contribution in [0, 0.1) is 6.92 Å². The van der Waals surface area contributed by atoms with Crippen molar-refractivity contribution in [3.8, 4) is 11.5 Å². The highest BCUT2D eigenvalue weighted by atomic mass is 35.5. The van der Waals surface area contributed by atoms with Crippen molar-refractivity contribution in [3.63, 3.8) is 0 Å². The van der Waals surface area contributed by atoms with Crippen molar-refractivity contribution in [1.29, 1.82) is 0 Å². The molecule has 3 aromatic carbocycles. The second-order valence-corrected chi connectivity index (χ2v) is 7.79. The van der Waals surface area contributed by atoms with Crippen LogP contribution in [0.2, 0.25) is 5.02 Å². The molecular weight excluding hydrogens is 404 g/mol. The lowest BCUT2D eigenvalue weighted by atomic mass is 10.1. The van der Waals surface area contributed by atoms with Crippen LogP contribution in [0.5, 0.6) is 11.5 Å². The maximum Gasteiger partial charge on any atom is 0.231 e. The van der Waals surface area contributed by atoms with Gasteiger partial charge >= 0.3 is 0 Å². The molecule has 4 nitrogen and oxygen atoms in total. The van der Waals surface area contributed by atoms with Gasteiger partial charge in [-0.25, -0.2) is 0 Å². The number of thiocarbonyl (C=S) groups is 1. The Kier molecular flexibility index (Phi) is 5.88. The van der Waals surface area contributed by atoms with E-state index in [1.54, 1.807) is 0 Å². The van der Waals surface area contributed by atoms with Gasteiger partial charge < -0.3 is 19.7 Å². The zero-order valence-electron chi connectivity index (χ0n) is 16.0. The van der Waals surface area contributed by atoms with Crippen LogP contribution >= 0.6 is 23.8 Å². The van der Waals surface area contributed by atoms with E-state index in [0.29, 0.717) is 23.2 Å². The third-order valence-corrected chi connectivity index (χ3v) is 5.30. The molecule has 0 spiro atoms. The summed E-state index contributed by atoms with van der Waals surface area (Å²) in [6.07, 6.45) is 0. The Bertz CT molecular complexity index is 1010. The molecule has 4 rings (SSSR count). The second kappa shape index (κ2) is 8.72. The minimum atomic E-state index is 0.266. The lowest BCUT2D eigenvalue weighted by Crippen LogP contribution is -2.33. The summed E-state index contributed by atoms with van der Waals surface area (Å²) in [6.45, 7) is 3.68. The summed E-state index contributed by atoms with van der Waals surface area (Å²) >= 11 is 11.7. The maximum atomic E-state index is 5.99. The number of hydrogen-bond acceptors (Lipinski definition) is 3. The minimum Gasteiger partial charge on any atom is -0.454 e. The fourth-order valence-corrected chi connectivity index (χ4v) is 3.48. The lowest BCUT2D eigenvalue weighted by molar-refractivity contribution is 0.174. The van der Waals surface area contributed by atoms with Gasteiger partial charge in [0.25, 0.3) is 0 Å². The predicted octanol–water partition coefficient (Wildman–Crippen LogP) is 5.78. The molecule has 0 radical (unpaired) electrons. The van der Waals surface area contributed by atoms with Crippen LogP contribution in [0.4, 0.5) is 5.69 Å². The first kappa shape index (κ1) is 19.6. The normalized spacial score (nSPS) is 11.9. The summed E-state index contributed by atoms with van der Waals surface area (Å²) < 4.78 is 10.9. The Morgan fingerprint density at radius 1 is 0.931 bits per heavy atom. The highest BCUT2D eigenvalue weighted by Crippen LogP contribution is 2.33. The molecule has 0 aromatic heterocycles. The summed E-state index contributed by atoms with van der Waals surface area (Å²) in [6, 6.07) is 22.0. The molecule has 0 aliphatic carbocycles. The Morgan fingerprint density at radius 3 is 2.34 bits per heavy atom. The van der Waals surface area contributed by atoms with Crippen molar-refractivity contribution in [2.24, 2.45) is 0 Å². The van der Waals surface area contributed by atoms with E-state index in [1.165, 1.54) is 11.1 Å². The molecule has 0 unspecified atom stereocenters. The summed E-state index contributed by atoms with van der Waals surface area (Å²) in [5.41, 5.74) is 4.43. The molecule has 0 saturated carbocycles. The van der Waals surface area contributed by atoms with Gasteiger partial charge in [0.05, 0.1) is 0 Å². The quantitative estimate of drug-likeness (QED) is 0.525. The van der Waals surface area contributed by atoms with Gasteiger partial charge in [0.1, 0.15) is 0 Å². The number of anilines is 1. The van der Waals surface area contributed by atoms with E-state index < -0.39 is 0 Å². The molecular formula is C23H21ClN2O2S. The van der Waals surface area contributed by atoms with E-state index in [-0.39, 0.29) is 6.79 Å². The number of nitrogens with one attached hydrogen (secondary N) is 1. The van der Waals surface area contributed by atoms with Crippen LogP contribution in [0.15, 0.2) is 66.7 Å². The van der Waals surface area contributed by atoms with Gasteiger partial charge in [0.2, 0.25) is 6.79 Å². The smallest absolute Gasteiger partial charge is 0.231 e. The molecule has 0 amide bonds. The molecule has 6 heteroatoms. The number of aryl methyl sites for hydroxylation is 1. The largest absolute Gasteiger partial charge is 0.454 e. The zero-order valence-corrected chi connectivity index (χ0v) is 17.6. The van der Waals surface area contributed by atoms with E-state index >= 15 is 0 Å². The monoisotopic (exact) mass is 424 g/mol. The molecule has 148 valence electrons. The van der Waals surface area contributed by atoms with Crippen molar-refractivity contribution in [2.75, 3.05) is 12.1 Å². The van der Waals surface area contributed by atoms with Crippen LogP contribution in [0.25, 0.3) is 0 Å². The maximum absolute atomic E-state index is 5.99. The number of halogens is 1. The number of hydrogen-bond donors (Lipinski definition) is 1. The Hall–Kier alpha value is -2.76. The van der Waals surface area contributed by atoms with E-state index in [1.807, 2.05) is 42.5 Å². The number of rotatable bonds is 5. The SMILES string of the molecule is Cc1ccc(CN(Cc2ccc3c(c2)OCO3)C(=S)Nc2ccc(Cl)cc2)cc1. The van der Waals surface area contributed by atoms with Crippen LogP contribution in [0.3, 0.4) is 0 Å². The average Bonchev–Trinajstić information content (AvgIpc) is 3.19. The molecule has 1 heterocycles. The summed E-state index contributed by atoms with van der Waals surface area (Å²) in [5, 5.41) is 4.65. The van der Waals surface area contributed by atoms with E-state index in [4.69, 9.17) is 33.3 Å². The van der Waals surface area contributed by atoms with E-state index in [9.17, 15) is 0 Å². The zero-order chi connectivity index (χ0) is 20.2. The molecule has 0 atom stereocenters. The average molecular weight is 425 g/mol. The van der Waals surface area contributed by atoms with Crippen molar-refractivity contribution in [1.82, 2.24) is 4.90 Å². The highest BCUT2D eigenvalue weighted by Gasteiger charge is 2.16. The summed E-state index contributed by atoms with van der Waals surface area (Å²) in [7, 11) is 0. The molecule has 0 fully saturated rings. The van der Waals surface area contributed by atoms with Gasteiger partial charge in [-0.1, -0.05) is 47.5 Å². The Morgan fingerprint density at radius 2 is 1.59 bits per heavy atom. The summed E-state index contributed by atoms with van der Waals surface area (Å²) in [4.78, 5) is 2.13. The first-order valence-electron chi connectivity index (χ1n) is 9.32. The number of ether oxygens (including phenoxy) is 2. The van der Waals surface area contributed by atoms with Gasteiger partial charge in [-0.2, -0.15) is 0 Å². The number of nitrogens with zero attached hydrogens (tertiary/aromatic N) is 1. The first-order valence-corrected chi connectivity index (χ1v) is 10.1. The molecule has 1 aliphatic rings. The second-order valence-electron chi connectivity index (χ2n) is 6.97. The van der Waals surface area contributed by atoms with Crippen LogP contribution in [-0.4, -0.2) is 16.8 Å². The van der Waals surface area contributed by atoms with Crippen molar-refractivity contribution in [2.45, 2.75) is 20.0 Å². The lowest BCUT2D eigenvalue weighted by Gasteiger charge is -2.26. The Labute approximate surface area is 181 Å². The van der Waals surface area contributed by atoms with Crippen LogP contribution in [0.1, 0.15) is 16.7 Å². The molecule has 0 saturated heterocycles. The first-order chi connectivity index (χ1) is 14.1. The van der Waals surface area contributed by atoms with Gasteiger partial charge in [-0.15, -0.1) is 0 Å². The highest BCUT2D eigenvalue weighted by molar-refractivity contribution is 7.80. The number of fused-ring (bicyclic) bond motifs is 1. The predicted molar refractivity (Wildman–Crippen MR) is 121 cm³/mol. The standard InChI is InChI=1S/C23H21ClN2O2S/c1-16-2-4-17(5-3-16)13-26(23(29)25-20-9-7-19(24)8-10-20)14-18-6-11-21-22(12-18)28-15-27-21/h2-12H,13-15H2,1H3,(H,25,29). The van der Waals surface area contributed by atoms with Crippen LogP contribution < -0.4 is 14.8 Å². The summed E-state index contributed by atoms with van der Waals surface area (Å²) in [5.74, 6) is 1.55.